The Morgan fingerprint density at radius 2 is 0.923 bits per heavy atom. The molecule has 0 N–H and O–H groups in total. The third kappa shape index (κ3) is 6.35. The van der Waals surface area contributed by atoms with E-state index in [2.05, 4.69) is 203 Å². The number of fused-ring (bicyclic) bond motifs is 9. The molecule has 0 saturated heterocycles. The van der Waals surface area contributed by atoms with E-state index in [0.717, 1.165) is 72.5 Å². The van der Waals surface area contributed by atoms with Crippen LogP contribution in [0, 0.1) is 0 Å². The second-order valence-electron chi connectivity index (χ2n) is 16.3. The zero-order chi connectivity index (χ0) is 42.8. The Bertz CT molecular complexity index is 3890. The number of nitrogens with zero attached hydrogens (tertiary/aromatic N) is 5. The maximum absolute atomic E-state index is 6.10. The summed E-state index contributed by atoms with van der Waals surface area (Å²) in [5.74, 6) is 0.615. The summed E-state index contributed by atoms with van der Waals surface area (Å²) < 4.78 is 8.56. The Morgan fingerprint density at radius 3 is 1.57 bits per heavy atom. The average molecular weight is 852 g/mol. The highest BCUT2D eigenvalue weighted by Gasteiger charge is 2.19. The van der Waals surface area contributed by atoms with Crippen LogP contribution < -0.4 is 20.5 Å². The van der Waals surface area contributed by atoms with E-state index in [4.69, 9.17) is 14.4 Å². The molecule has 0 fully saturated rings. The molecular weight excluding hydrogens is 815 g/mol. The van der Waals surface area contributed by atoms with Crippen molar-refractivity contribution in [3.63, 3.8) is 0 Å². The fourth-order valence-electron chi connectivity index (χ4n) is 9.49. The lowest BCUT2D eigenvalue weighted by Gasteiger charge is -2.26. The molecule has 306 valence electrons. The molecule has 10 aromatic carbocycles. The van der Waals surface area contributed by atoms with Crippen molar-refractivity contribution in [3.8, 4) is 22.6 Å². The van der Waals surface area contributed by atoms with Gasteiger partial charge in [0.15, 0.2) is 5.58 Å². The fourth-order valence-corrected chi connectivity index (χ4v) is 10.7. The molecule has 13 rings (SSSR count). The molecule has 1 aliphatic rings. The Kier molecular flexibility index (Phi) is 8.67. The number of aromatic nitrogens is 1. The summed E-state index contributed by atoms with van der Waals surface area (Å²) in [6, 6.07) is 75.5. The summed E-state index contributed by atoms with van der Waals surface area (Å²) in [7, 11) is 0. The van der Waals surface area contributed by atoms with Crippen molar-refractivity contribution < 1.29 is 4.42 Å². The summed E-state index contributed by atoms with van der Waals surface area (Å²) in [6.45, 7) is 0.488. The zero-order valence-corrected chi connectivity index (χ0v) is 35.8. The van der Waals surface area contributed by atoms with Crippen LogP contribution in [0.25, 0.3) is 75.4 Å². The van der Waals surface area contributed by atoms with Crippen molar-refractivity contribution in [1.82, 2.24) is 4.98 Å². The molecule has 0 bridgehead atoms. The van der Waals surface area contributed by atoms with Gasteiger partial charge in [0, 0.05) is 65.2 Å². The van der Waals surface area contributed by atoms with Crippen LogP contribution in [-0.4, -0.2) is 11.7 Å². The lowest BCUT2D eigenvalue weighted by Crippen LogP contribution is -2.22. The molecule has 7 heteroatoms. The van der Waals surface area contributed by atoms with Gasteiger partial charge in [0.25, 0.3) is 0 Å². The number of hydrogen-bond acceptors (Lipinski definition) is 7. The van der Waals surface area contributed by atoms with Crippen molar-refractivity contribution in [2.75, 3.05) is 16.5 Å². The van der Waals surface area contributed by atoms with Gasteiger partial charge in [-0.3, -0.25) is 9.98 Å². The largest absolute Gasteiger partial charge is 0.436 e. The van der Waals surface area contributed by atoms with Crippen LogP contribution in [0.3, 0.4) is 0 Å². The molecule has 65 heavy (non-hydrogen) atoms. The van der Waals surface area contributed by atoms with Crippen LogP contribution >= 0.6 is 11.3 Å². The molecule has 6 nitrogen and oxygen atoms in total. The number of thiophene rings is 1. The standard InChI is InChI=1S/C58H37N5OS/c1-3-11-39(12-4-1)62(41-23-19-37(20-24-41)50-35-51-47(45-15-7-8-16-46(45)50)31-32-53-57(51)60-36-59-53)43-27-29-48-49-30-28-44(34-56(49)65-55(48)33-43)63(40-13-5-2-6-14-40)42-25-21-38(22-26-42)58-61-52-17-9-10-18-54(52)64-58/h1-35H,36H2. The Balaban J connectivity index is 0.873. The fraction of sp³-hybridized carbons (Fsp3) is 0.0172. The first kappa shape index (κ1) is 37.2. The van der Waals surface area contributed by atoms with E-state index in [1.54, 1.807) is 0 Å². The number of rotatable bonds is 8. The summed E-state index contributed by atoms with van der Waals surface area (Å²) in [4.78, 5) is 18.8. The number of hydrogen-bond donors (Lipinski definition) is 0. The molecule has 12 aromatic rings. The zero-order valence-electron chi connectivity index (χ0n) is 35.0. The van der Waals surface area contributed by atoms with Gasteiger partial charge >= 0.3 is 0 Å². The predicted octanol–water partition coefficient (Wildman–Crippen LogP) is 15.0. The highest BCUT2D eigenvalue weighted by molar-refractivity contribution is 7.25. The van der Waals surface area contributed by atoms with Crippen molar-refractivity contribution in [2.45, 2.75) is 0 Å². The second kappa shape index (κ2) is 15.2. The van der Waals surface area contributed by atoms with Gasteiger partial charge in [-0.15, -0.1) is 11.3 Å². The van der Waals surface area contributed by atoms with Gasteiger partial charge in [-0.25, -0.2) is 4.98 Å². The molecule has 0 aliphatic carbocycles. The van der Waals surface area contributed by atoms with Gasteiger partial charge in [-0.2, -0.15) is 0 Å². The topological polar surface area (TPSA) is 57.2 Å². The molecule has 2 aromatic heterocycles. The smallest absolute Gasteiger partial charge is 0.227 e. The molecule has 0 atom stereocenters. The van der Waals surface area contributed by atoms with Gasteiger partial charge in [0.05, 0.1) is 10.7 Å². The maximum Gasteiger partial charge on any atom is 0.227 e. The van der Waals surface area contributed by atoms with Gasteiger partial charge in [0.2, 0.25) is 5.89 Å². The highest BCUT2D eigenvalue weighted by atomic mass is 32.1. The van der Waals surface area contributed by atoms with E-state index in [0.29, 0.717) is 12.6 Å². The van der Waals surface area contributed by atoms with Crippen LogP contribution in [0.1, 0.15) is 0 Å². The first-order valence-corrected chi connectivity index (χ1v) is 22.6. The monoisotopic (exact) mass is 851 g/mol. The summed E-state index contributed by atoms with van der Waals surface area (Å²) in [5, 5.41) is 9.25. The van der Waals surface area contributed by atoms with Crippen molar-refractivity contribution >= 4 is 98.3 Å². The molecule has 0 unspecified atom stereocenters. The van der Waals surface area contributed by atoms with Crippen molar-refractivity contribution in [3.05, 3.63) is 223 Å². The third-order valence-corrected chi connectivity index (χ3v) is 13.7. The van der Waals surface area contributed by atoms with E-state index in [9.17, 15) is 0 Å². The van der Waals surface area contributed by atoms with Gasteiger partial charge in [-0.1, -0.05) is 103 Å². The molecular formula is C58H37N5OS. The number of benzene rings is 10. The summed E-state index contributed by atoms with van der Waals surface area (Å²) in [6.07, 6.45) is 0. The minimum absolute atomic E-state index is 0.488. The van der Waals surface area contributed by atoms with Crippen LogP contribution in [0.4, 0.5) is 34.1 Å². The number of anilines is 6. The molecule has 3 heterocycles. The maximum atomic E-state index is 6.10. The first-order valence-electron chi connectivity index (χ1n) is 21.8. The van der Waals surface area contributed by atoms with Crippen LogP contribution in [0.15, 0.2) is 227 Å². The Labute approximate surface area is 378 Å². The average Bonchev–Trinajstić information content (AvgIpc) is 4.12. The molecule has 0 amide bonds. The first-order chi connectivity index (χ1) is 32.2. The molecule has 0 radical (unpaired) electrons. The van der Waals surface area contributed by atoms with Crippen molar-refractivity contribution in [2.24, 2.45) is 9.98 Å². The predicted molar refractivity (Wildman–Crippen MR) is 269 cm³/mol. The van der Waals surface area contributed by atoms with Crippen molar-refractivity contribution in [1.29, 1.82) is 0 Å². The summed E-state index contributed by atoms with van der Waals surface area (Å²) in [5.41, 5.74) is 11.4. The van der Waals surface area contributed by atoms with Gasteiger partial charge in [0.1, 0.15) is 12.2 Å². The van der Waals surface area contributed by atoms with Crippen LogP contribution in [0.2, 0.25) is 0 Å². The normalized spacial score (nSPS) is 12.2. The SMILES string of the molecule is c1ccc(N(c2ccc(-c3nc4ccccc4o3)cc2)c2ccc3c(c2)sc2cc(N(c4ccccc4)c4ccc(-c5cc6c7c(ccc6c6ccccc56)=NCN=7)cc4)ccc23)cc1. The quantitative estimate of drug-likeness (QED) is 0.143. The Morgan fingerprint density at radius 1 is 0.400 bits per heavy atom. The number of oxazole rings is 1. The third-order valence-electron chi connectivity index (χ3n) is 12.6. The van der Waals surface area contributed by atoms with E-state index in [1.807, 2.05) is 35.6 Å². The lowest BCUT2D eigenvalue weighted by atomic mass is 9.93. The molecule has 1 aliphatic heterocycles. The second-order valence-corrected chi connectivity index (χ2v) is 17.4. The van der Waals surface area contributed by atoms with E-state index < -0.39 is 0 Å². The van der Waals surface area contributed by atoms with Crippen LogP contribution in [0.5, 0.6) is 0 Å². The van der Waals surface area contributed by atoms with Gasteiger partial charge in [-0.05, 0) is 136 Å². The van der Waals surface area contributed by atoms with Crippen LogP contribution in [-0.2, 0) is 0 Å². The minimum Gasteiger partial charge on any atom is -0.436 e. The van der Waals surface area contributed by atoms with E-state index >= 15 is 0 Å². The van der Waals surface area contributed by atoms with Gasteiger partial charge < -0.3 is 14.2 Å². The highest BCUT2D eigenvalue weighted by Crippen LogP contribution is 2.44. The molecule has 0 spiro atoms. The summed E-state index contributed by atoms with van der Waals surface area (Å²) >= 11 is 1.83. The van der Waals surface area contributed by atoms with E-state index in [-0.39, 0.29) is 0 Å². The van der Waals surface area contributed by atoms with E-state index in [1.165, 1.54) is 41.9 Å². The minimum atomic E-state index is 0.488. The number of para-hydroxylation sites is 4. The molecule has 0 saturated carbocycles. The lowest BCUT2D eigenvalue weighted by molar-refractivity contribution is 0.620. The Hall–Kier alpha value is -8.39.